The van der Waals surface area contributed by atoms with Crippen LogP contribution < -0.4 is 5.32 Å². The van der Waals surface area contributed by atoms with Crippen molar-refractivity contribution in [3.05, 3.63) is 12.2 Å². The van der Waals surface area contributed by atoms with Crippen LogP contribution in [0, 0.1) is 23.2 Å². The van der Waals surface area contributed by atoms with E-state index in [1.54, 1.807) is 0 Å². The molecule has 0 aromatic heterocycles. The standard InChI is InChI=1S/C23H43ClN2/c1-6-7-8-14-25-22(18(2)3)16-26-15-13-21(23(4,5)17-26)19-9-11-20(24)12-10-19/h9,11,18-22,25H,6-8,10,12-17H2,1-5H3/t19?,20?,21-,22+/m1/s1. The lowest BCUT2D eigenvalue weighted by Crippen LogP contribution is -2.53. The number of nitrogens with zero attached hydrogens (tertiary/aromatic N) is 1. The van der Waals surface area contributed by atoms with Gasteiger partial charge >= 0.3 is 0 Å². The summed E-state index contributed by atoms with van der Waals surface area (Å²) < 4.78 is 0. The first-order valence-electron chi connectivity index (χ1n) is 11.1. The van der Waals surface area contributed by atoms with Gasteiger partial charge in [-0.2, -0.15) is 0 Å². The van der Waals surface area contributed by atoms with Crippen LogP contribution in [-0.2, 0) is 0 Å². The van der Waals surface area contributed by atoms with Gasteiger partial charge in [-0.15, -0.1) is 11.6 Å². The highest BCUT2D eigenvalue weighted by molar-refractivity contribution is 6.21. The summed E-state index contributed by atoms with van der Waals surface area (Å²) in [4.78, 5) is 2.73. The van der Waals surface area contributed by atoms with Crippen LogP contribution in [0.15, 0.2) is 12.2 Å². The molecule has 1 saturated heterocycles. The molecule has 0 aromatic rings. The summed E-state index contributed by atoms with van der Waals surface area (Å²) in [5.41, 5.74) is 0.385. The Labute approximate surface area is 168 Å². The van der Waals surface area contributed by atoms with Crippen molar-refractivity contribution < 1.29 is 0 Å². The predicted molar refractivity (Wildman–Crippen MR) is 116 cm³/mol. The van der Waals surface area contributed by atoms with Gasteiger partial charge in [0.25, 0.3) is 0 Å². The van der Waals surface area contributed by atoms with Crippen molar-refractivity contribution in [1.82, 2.24) is 10.2 Å². The average Bonchev–Trinajstić information content (AvgIpc) is 2.58. The minimum atomic E-state index is 0.264. The maximum absolute atomic E-state index is 6.26. The van der Waals surface area contributed by atoms with Crippen molar-refractivity contribution in [2.24, 2.45) is 23.2 Å². The van der Waals surface area contributed by atoms with E-state index >= 15 is 0 Å². The van der Waals surface area contributed by atoms with Crippen LogP contribution in [0.4, 0.5) is 0 Å². The van der Waals surface area contributed by atoms with E-state index in [1.807, 2.05) is 0 Å². The van der Waals surface area contributed by atoms with E-state index in [4.69, 9.17) is 11.6 Å². The molecule has 1 fully saturated rings. The molecule has 3 heteroatoms. The molecule has 2 aliphatic rings. The van der Waals surface area contributed by atoms with Crippen molar-refractivity contribution >= 4 is 11.6 Å². The summed E-state index contributed by atoms with van der Waals surface area (Å²) in [6.07, 6.45) is 12.4. The zero-order valence-electron chi connectivity index (χ0n) is 17.9. The molecule has 0 spiro atoms. The molecule has 1 N–H and O–H groups in total. The fourth-order valence-corrected chi connectivity index (χ4v) is 5.24. The molecule has 1 heterocycles. The van der Waals surface area contributed by atoms with Crippen molar-refractivity contribution in [3.8, 4) is 0 Å². The molecule has 2 rings (SSSR count). The molecular weight excluding hydrogens is 340 g/mol. The third-order valence-electron chi connectivity index (χ3n) is 6.70. The zero-order chi connectivity index (χ0) is 19.2. The molecule has 0 aromatic carbocycles. The van der Waals surface area contributed by atoms with E-state index in [2.05, 4.69) is 57.0 Å². The average molecular weight is 383 g/mol. The summed E-state index contributed by atoms with van der Waals surface area (Å²) in [5, 5.41) is 4.10. The number of likely N-dealkylation sites (tertiary alicyclic amines) is 1. The van der Waals surface area contributed by atoms with Crippen molar-refractivity contribution in [2.45, 2.75) is 84.6 Å². The fraction of sp³-hybridized carbons (Fsp3) is 0.913. The topological polar surface area (TPSA) is 15.3 Å². The summed E-state index contributed by atoms with van der Waals surface area (Å²) in [6.45, 7) is 16.8. The number of halogens is 1. The third-order valence-corrected chi connectivity index (χ3v) is 7.06. The normalized spacial score (nSPS) is 30.7. The largest absolute Gasteiger partial charge is 0.312 e. The molecule has 1 aliphatic heterocycles. The van der Waals surface area contributed by atoms with E-state index in [1.165, 1.54) is 58.3 Å². The number of unbranched alkanes of at least 4 members (excludes halogenated alkanes) is 2. The summed E-state index contributed by atoms with van der Waals surface area (Å²) in [7, 11) is 0. The predicted octanol–water partition coefficient (Wildman–Crippen LogP) is 5.71. The SMILES string of the molecule is CCCCCN[C@@H](CN1CC[C@H](C2C=CC(Cl)CC2)C(C)(C)C1)C(C)C. The second-order valence-corrected chi connectivity index (χ2v) is 10.3. The van der Waals surface area contributed by atoms with Crippen LogP contribution in [0.5, 0.6) is 0 Å². The minimum Gasteiger partial charge on any atom is -0.312 e. The van der Waals surface area contributed by atoms with Crippen molar-refractivity contribution in [2.75, 3.05) is 26.2 Å². The minimum absolute atomic E-state index is 0.264. The first kappa shape index (κ1) is 22.2. The van der Waals surface area contributed by atoms with Crippen LogP contribution in [0.25, 0.3) is 0 Å². The molecule has 0 bridgehead atoms. The van der Waals surface area contributed by atoms with Gasteiger partial charge in [0.15, 0.2) is 0 Å². The van der Waals surface area contributed by atoms with Crippen molar-refractivity contribution in [3.63, 3.8) is 0 Å². The van der Waals surface area contributed by atoms with E-state index in [9.17, 15) is 0 Å². The molecule has 4 atom stereocenters. The number of rotatable bonds is 9. The first-order chi connectivity index (χ1) is 12.3. The second kappa shape index (κ2) is 10.5. The fourth-order valence-electron chi connectivity index (χ4n) is 5.03. The highest BCUT2D eigenvalue weighted by Crippen LogP contribution is 2.43. The van der Waals surface area contributed by atoms with E-state index in [-0.39, 0.29) is 5.38 Å². The van der Waals surface area contributed by atoms with Crippen LogP contribution in [0.3, 0.4) is 0 Å². The van der Waals surface area contributed by atoms with Gasteiger partial charge in [-0.1, -0.05) is 59.6 Å². The van der Waals surface area contributed by atoms with Gasteiger partial charge in [0.2, 0.25) is 0 Å². The Morgan fingerprint density at radius 3 is 2.50 bits per heavy atom. The van der Waals surface area contributed by atoms with E-state index in [0.717, 1.165) is 18.3 Å². The van der Waals surface area contributed by atoms with E-state index < -0.39 is 0 Å². The first-order valence-corrected chi connectivity index (χ1v) is 11.5. The Balaban J connectivity index is 1.87. The summed E-state index contributed by atoms with van der Waals surface area (Å²) >= 11 is 6.26. The number of hydrogen-bond donors (Lipinski definition) is 1. The lowest BCUT2D eigenvalue weighted by atomic mass is 9.65. The number of nitrogens with one attached hydrogen (secondary N) is 1. The number of hydrogen-bond acceptors (Lipinski definition) is 2. The molecule has 26 heavy (non-hydrogen) atoms. The molecule has 0 saturated carbocycles. The van der Waals surface area contributed by atoms with Crippen LogP contribution in [-0.4, -0.2) is 42.5 Å². The van der Waals surface area contributed by atoms with Crippen LogP contribution in [0.2, 0.25) is 0 Å². The van der Waals surface area contributed by atoms with Crippen LogP contribution >= 0.6 is 11.6 Å². The Bertz CT molecular complexity index is 432. The van der Waals surface area contributed by atoms with Gasteiger partial charge in [-0.05, 0) is 61.9 Å². The second-order valence-electron chi connectivity index (χ2n) is 9.77. The molecule has 2 nitrogen and oxygen atoms in total. The quantitative estimate of drug-likeness (QED) is 0.312. The zero-order valence-corrected chi connectivity index (χ0v) is 18.7. The van der Waals surface area contributed by atoms with Gasteiger partial charge in [0.05, 0.1) is 5.38 Å². The molecule has 0 radical (unpaired) electrons. The smallest absolute Gasteiger partial charge is 0.0516 e. The van der Waals surface area contributed by atoms with E-state index in [0.29, 0.717) is 17.4 Å². The van der Waals surface area contributed by atoms with Crippen molar-refractivity contribution in [1.29, 1.82) is 0 Å². The van der Waals surface area contributed by atoms with Gasteiger partial charge in [-0.25, -0.2) is 0 Å². The molecule has 152 valence electrons. The highest BCUT2D eigenvalue weighted by Gasteiger charge is 2.40. The van der Waals surface area contributed by atoms with Crippen LogP contribution in [0.1, 0.15) is 73.1 Å². The number of piperidine rings is 1. The Hall–Kier alpha value is -0.0500. The maximum Gasteiger partial charge on any atom is 0.0516 e. The monoisotopic (exact) mass is 382 g/mol. The van der Waals surface area contributed by atoms with Gasteiger partial charge in [0.1, 0.15) is 0 Å². The lowest BCUT2D eigenvalue weighted by molar-refractivity contribution is 0.0220. The molecular formula is C23H43ClN2. The van der Waals surface area contributed by atoms with Gasteiger partial charge in [0, 0.05) is 19.1 Å². The Morgan fingerprint density at radius 2 is 1.92 bits per heavy atom. The molecule has 1 aliphatic carbocycles. The Morgan fingerprint density at radius 1 is 1.15 bits per heavy atom. The Kier molecular flexibility index (Phi) is 8.97. The van der Waals surface area contributed by atoms with Gasteiger partial charge < -0.3 is 10.2 Å². The van der Waals surface area contributed by atoms with Gasteiger partial charge in [-0.3, -0.25) is 0 Å². The highest BCUT2D eigenvalue weighted by atomic mass is 35.5. The molecule has 0 amide bonds. The number of alkyl halides is 1. The number of allylic oxidation sites excluding steroid dienone is 2. The molecule has 2 unspecified atom stereocenters. The summed E-state index contributed by atoms with van der Waals surface area (Å²) in [5.74, 6) is 2.23. The lowest BCUT2D eigenvalue weighted by Gasteiger charge is -2.48. The maximum atomic E-state index is 6.26. The third kappa shape index (κ3) is 6.53. The summed E-state index contributed by atoms with van der Waals surface area (Å²) in [6, 6.07) is 0.616.